The quantitative estimate of drug-likeness (QED) is 0.0170. The first-order chi connectivity index (χ1) is 72.1. The topological polar surface area (TPSA) is 527 Å². The van der Waals surface area contributed by atoms with E-state index in [0.717, 1.165) is 113 Å². The van der Waals surface area contributed by atoms with Gasteiger partial charge in [-0.25, -0.2) is 71.8 Å². The second-order valence-corrected chi connectivity index (χ2v) is 35.1. The highest BCUT2D eigenvalue weighted by Crippen LogP contribution is 2.40. The van der Waals surface area contributed by atoms with Crippen molar-refractivity contribution in [3.8, 4) is 29.4 Å². The number of fused-ring (bicyclic) bond motifs is 5. The van der Waals surface area contributed by atoms with E-state index in [1.165, 1.54) is 75.1 Å². The van der Waals surface area contributed by atoms with Gasteiger partial charge in [0.2, 0.25) is 29.4 Å². The van der Waals surface area contributed by atoms with Crippen LogP contribution in [0.2, 0.25) is 0 Å². The summed E-state index contributed by atoms with van der Waals surface area (Å²) in [5, 5.41) is 65.6. The van der Waals surface area contributed by atoms with Crippen molar-refractivity contribution >= 4 is 144 Å². The number of rotatable bonds is 33. The first-order valence-electron chi connectivity index (χ1n) is 49.4. The van der Waals surface area contributed by atoms with Crippen molar-refractivity contribution in [3.63, 3.8) is 0 Å². The number of nitrogens with zero attached hydrogens (tertiary/aromatic N) is 20. The average molecular weight is 1980 g/mol. The molecule has 15 aromatic rings. The van der Waals surface area contributed by atoms with Gasteiger partial charge >= 0.3 is 0 Å². The lowest BCUT2D eigenvalue weighted by Crippen LogP contribution is -2.39. The highest BCUT2D eigenvalue weighted by molar-refractivity contribution is 6.04. The molecule has 0 spiro atoms. The maximum absolute atomic E-state index is 13.8. The maximum Gasteiger partial charge on any atom is 0.257 e. The van der Waals surface area contributed by atoms with E-state index in [9.17, 15) is 45.9 Å². The zero-order chi connectivity index (χ0) is 105. The summed E-state index contributed by atoms with van der Waals surface area (Å²) in [5.74, 6) is 2.39. The molecule has 45 nitrogen and oxygen atoms in total. The van der Waals surface area contributed by atoms with E-state index in [1.54, 1.807) is 93.7 Å². The molecule has 15 aromatic heterocycles. The summed E-state index contributed by atoms with van der Waals surface area (Å²) in [6, 6.07) is 15.3. The summed E-state index contributed by atoms with van der Waals surface area (Å²) < 4.78 is 147. The molecule has 15 heterocycles. The van der Waals surface area contributed by atoms with Gasteiger partial charge in [-0.1, -0.05) is 0 Å². The Kier molecular flexibility index (Phi) is 25.3. The minimum atomic E-state index is -2.68. The van der Waals surface area contributed by atoms with Crippen LogP contribution in [0.4, 0.5) is 109 Å². The van der Waals surface area contributed by atoms with Gasteiger partial charge in [0.1, 0.15) is 163 Å². The molecule has 0 saturated heterocycles. The number of amides is 5. The molecule has 0 unspecified atom stereocenters. The van der Waals surface area contributed by atoms with Gasteiger partial charge in [0.15, 0.2) is 28.2 Å². The summed E-state index contributed by atoms with van der Waals surface area (Å²) in [5.41, 5.74) is 6.45. The fourth-order valence-electron chi connectivity index (χ4n) is 14.7. The van der Waals surface area contributed by atoms with Crippen molar-refractivity contribution in [1.82, 2.24) is 124 Å². The van der Waals surface area contributed by atoms with Gasteiger partial charge in [-0.3, -0.25) is 24.0 Å². The Hall–Kier alpha value is -17.2. The van der Waals surface area contributed by atoms with E-state index >= 15 is 0 Å². The highest BCUT2D eigenvalue weighted by Gasteiger charge is 2.41. The van der Waals surface area contributed by atoms with Crippen LogP contribution in [-0.2, 0) is 0 Å². The molecule has 8 fully saturated rings. The molecule has 23 rings (SSSR count). The normalized spacial score (nSPS) is 17.6. The first kappa shape index (κ1) is 88.3. The molecule has 8 aliphatic carbocycles. The van der Waals surface area contributed by atoms with Gasteiger partial charge in [-0.2, -0.15) is 48.1 Å². The summed E-state index contributed by atoms with van der Waals surface area (Å²) in [4.78, 5) is 106. The van der Waals surface area contributed by atoms with Crippen LogP contribution < -0.4 is 103 Å². The lowest BCUT2D eigenvalue weighted by atomic mass is 9.93. The Bertz CT molecular complexity index is 7480. The third-order valence-electron chi connectivity index (χ3n) is 23.5. The molecule has 5 amide bonds. The van der Waals surface area contributed by atoms with E-state index in [4.69, 9.17) is 31.9 Å². The van der Waals surface area contributed by atoms with Gasteiger partial charge in [-0.05, 0) is 121 Å². The Labute approximate surface area is 825 Å². The summed E-state index contributed by atoms with van der Waals surface area (Å²) in [7, 11) is 3.26. The number of hydrogen-bond donors (Lipinski definition) is 15. The molecule has 15 N–H and O–H groups in total. The minimum absolute atomic E-state index is 0.0755. The number of halogens is 5. The van der Waals surface area contributed by atoms with E-state index in [2.05, 4.69) is 155 Å². The fraction of sp³-hybridized carbons (Fsp3) is 0.362. The molecule has 50 heteroatoms. The zero-order valence-corrected chi connectivity index (χ0v) is 78.3. The Balaban J connectivity index is 0.000000118. The lowest BCUT2D eigenvalue weighted by molar-refractivity contribution is 0.0913. The van der Waals surface area contributed by atoms with Gasteiger partial charge in [0, 0.05) is 127 Å². The Morgan fingerprint density at radius 1 is 0.326 bits per heavy atom. The molecule has 4 atom stereocenters. The van der Waals surface area contributed by atoms with Crippen LogP contribution in [0.1, 0.15) is 167 Å². The van der Waals surface area contributed by atoms with Gasteiger partial charge in [0.25, 0.3) is 29.5 Å². The summed E-state index contributed by atoms with van der Waals surface area (Å²) in [6.45, 7) is 3.62. The summed E-state index contributed by atoms with van der Waals surface area (Å²) in [6.07, 6.45) is 25.1. The van der Waals surface area contributed by atoms with Crippen LogP contribution in [0.15, 0.2) is 123 Å². The number of pyridine rings is 5. The number of aromatic nitrogens is 20. The van der Waals surface area contributed by atoms with Crippen molar-refractivity contribution in [3.05, 3.63) is 179 Å². The van der Waals surface area contributed by atoms with Gasteiger partial charge in [0.05, 0.1) is 84.0 Å². The van der Waals surface area contributed by atoms with Crippen LogP contribution >= 0.6 is 0 Å². The number of alkyl halides is 2. The molecule has 748 valence electrons. The van der Waals surface area contributed by atoms with Crippen molar-refractivity contribution < 1.29 is 77.8 Å². The molecular weight excluding hydrogens is 1870 g/mol. The van der Waals surface area contributed by atoms with Crippen molar-refractivity contribution in [2.24, 2.45) is 0 Å². The molecule has 0 aliphatic heterocycles. The molecule has 8 saturated carbocycles. The van der Waals surface area contributed by atoms with Crippen molar-refractivity contribution in [1.29, 1.82) is 0 Å². The highest BCUT2D eigenvalue weighted by atomic mass is 19.1. The minimum Gasteiger partial charge on any atom is -0.480 e. The molecular formula is C94H102F5N35O10. The SMILES string of the molecule is CNc1cc(Nc2cc(F)cnc2OC2CC2)nc2c(C(=O)NC3CC3)cnn12.CNc1cc(Nc2cc(F)cnc2OC2CC2)nc2c(C(=O)NC3CCC3)cnn12.CNc1cc(Nc2cc(F)cnc2OC2CC2)nc2c(C(=O)N[C@H]3C[C@H]3F)cnn12.[2H]C([2H])([2H])Oc1ncc(C)cc1Nc1cc(NC)n2ncc(C(=O)NC3CC3)c2n1.[2H]C([2H])([2H])Oc1ncc(C)cc1Nc1cc(NC)n2ncc(C(=O)N[C@H]3C[C@H]3F)c2n1. The second kappa shape index (κ2) is 41.3. The zero-order valence-electron chi connectivity index (χ0n) is 84.3. The average Bonchev–Trinajstić information content (AvgIpc) is 1.65. The van der Waals surface area contributed by atoms with E-state index in [-0.39, 0.29) is 94.2 Å². The third kappa shape index (κ3) is 22.5. The molecule has 0 aromatic carbocycles. The predicted octanol–water partition coefficient (Wildman–Crippen LogP) is 12.0. The number of aryl methyl sites for hydroxylation is 2. The second-order valence-electron chi connectivity index (χ2n) is 35.1. The number of ether oxygens (including phenoxy) is 5. The standard InChI is InChI=1S/C20H22FN7O2.C19H19F2N7O2.C19H20FN7O2.C18H20FN7O2.C18H21N7O2/c1-22-17-8-16(26-15-7-11(21)9-23-20(15)30-13-5-6-13)27-18-14(10-24-28(17)18)19(29)25-12-3-2-4-12;1-22-16-6-15(25-14-4-9(20)7-23-19(14)30-10-2-3-10)27-17-11(8-24-28(16)17)18(29)26-13-5-12(13)21;1-21-16-7-15(25-14-6-10(20)8-22-19(14)29-12-4-5-12)26-17-13(9-23-27(16)17)18(28)24-11-2-3-11;1-9-4-13(18(28-3)21-7-9)23-14-6-15(20-2)26-16(25-14)10(8-22-26)17(27)24-12-5-11(12)19;1-10-6-13(18(27-3)20-8-10)23-14-7-15(19-2)25-16(24-14)12(9-21-25)17(26)22-11-4-5-11/h7-10,12-13,22H,2-6H2,1H3,(H,25,29)(H,26,27);4,6-8,10,12-13,22H,2-3,5H2,1H3,(H,25,27)(H,26,29);6-9,11-12,21H,2-5H2,1H3,(H,24,28)(H,25,26);4,6-8,11-12,20H,5H2,1-3H3,(H,23,25)(H,24,27);6-9,11,19H,4-5H2,1-3H3,(H,22,26)(H,23,24)/t;12-,13+;;11-,12+;/m.1.1./s1/i;;;2*3D3. The van der Waals surface area contributed by atoms with Gasteiger partial charge in [-0.15, -0.1) is 0 Å². The first-order valence-corrected chi connectivity index (χ1v) is 46.4. The molecule has 8 aliphatic rings. The van der Waals surface area contributed by atoms with Crippen LogP contribution in [0.25, 0.3) is 28.2 Å². The Morgan fingerprint density at radius 2 is 0.569 bits per heavy atom. The van der Waals surface area contributed by atoms with Crippen LogP contribution in [0, 0.1) is 31.3 Å². The largest absolute Gasteiger partial charge is 0.480 e. The van der Waals surface area contributed by atoms with Gasteiger partial charge < -0.3 is 103 Å². The smallest absolute Gasteiger partial charge is 0.257 e. The van der Waals surface area contributed by atoms with E-state index < -0.39 is 67.8 Å². The predicted molar refractivity (Wildman–Crippen MR) is 521 cm³/mol. The van der Waals surface area contributed by atoms with Crippen molar-refractivity contribution in [2.45, 2.75) is 171 Å². The number of carbonyl (C=O) groups is 5. The summed E-state index contributed by atoms with van der Waals surface area (Å²) >= 11 is 0. The van der Waals surface area contributed by atoms with Crippen LogP contribution in [0.5, 0.6) is 29.4 Å². The number of carbonyl (C=O) groups excluding carboxylic acids is 5. The Morgan fingerprint density at radius 3 is 0.792 bits per heavy atom. The number of nitrogens with one attached hydrogen (secondary N) is 15. The van der Waals surface area contributed by atoms with E-state index in [1.807, 2.05) is 6.92 Å². The molecule has 0 bridgehead atoms. The maximum atomic E-state index is 13.8. The van der Waals surface area contributed by atoms with Crippen molar-refractivity contribution in [2.75, 3.05) is 102 Å². The van der Waals surface area contributed by atoms with E-state index in [0.29, 0.717) is 145 Å². The van der Waals surface area contributed by atoms with Crippen LogP contribution in [-0.4, -0.2) is 238 Å². The number of anilines is 15. The number of methoxy groups -OCH3 is 2. The third-order valence-corrected chi connectivity index (χ3v) is 23.5. The van der Waals surface area contributed by atoms with Crippen LogP contribution in [0.3, 0.4) is 0 Å². The lowest BCUT2D eigenvalue weighted by Gasteiger charge is -2.26. The number of hydrogen-bond acceptors (Lipinski definition) is 35. The monoisotopic (exact) mass is 1980 g/mol. The molecule has 144 heavy (non-hydrogen) atoms. The molecule has 0 radical (unpaired) electrons. The fourth-order valence-corrected chi connectivity index (χ4v) is 14.7.